The maximum Gasteiger partial charge on any atom is 0.118 e. The fraction of sp³-hybridized carbons (Fsp3) is 0.412. The molecule has 1 nitrogen and oxygen atoms in total. The number of ether oxygens (including phenoxy) is 1. The van der Waals surface area contributed by atoms with Crippen LogP contribution in [0.3, 0.4) is 0 Å². The van der Waals surface area contributed by atoms with Crippen molar-refractivity contribution in [3.63, 3.8) is 0 Å². The van der Waals surface area contributed by atoms with Gasteiger partial charge >= 0.3 is 0 Å². The summed E-state index contributed by atoms with van der Waals surface area (Å²) in [6.07, 6.45) is 2.33. The standard InChI is InChI=1S/C17H28OSi2/c1-18-17-10-8-15(9-11-17)16(14-20(5,6)7)12-13-19(2,3)4/h8-14H,1-7H3/b13-12-,16-14-. The van der Waals surface area contributed by atoms with Crippen molar-refractivity contribution in [3.8, 4) is 5.75 Å². The van der Waals surface area contributed by atoms with E-state index in [-0.39, 0.29) is 0 Å². The van der Waals surface area contributed by atoms with E-state index in [0.29, 0.717) is 0 Å². The summed E-state index contributed by atoms with van der Waals surface area (Å²) in [5.41, 5.74) is 7.53. The first-order valence-corrected chi connectivity index (χ1v) is 14.3. The van der Waals surface area contributed by atoms with Crippen molar-refractivity contribution in [1.29, 1.82) is 0 Å². The Morgan fingerprint density at radius 3 is 1.85 bits per heavy atom. The number of hydrogen-bond acceptors (Lipinski definition) is 1. The third-order valence-electron chi connectivity index (χ3n) is 2.77. The highest BCUT2D eigenvalue weighted by Crippen LogP contribution is 2.23. The van der Waals surface area contributed by atoms with Crippen LogP contribution in [0.5, 0.6) is 5.75 Å². The highest BCUT2D eigenvalue weighted by molar-refractivity contribution is 6.82. The van der Waals surface area contributed by atoms with E-state index in [4.69, 9.17) is 4.74 Å². The van der Waals surface area contributed by atoms with Gasteiger partial charge in [0.2, 0.25) is 0 Å². The van der Waals surface area contributed by atoms with E-state index in [9.17, 15) is 0 Å². The van der Waals surface area contributed by atoms with Crippen LogP contribution in [0.4, 0.5) is 0 Å². The second-order valence-corrected chi connectivity index (χ2v) is 17.5. The smallest absolute Gasteiger partial charge is 0.118 e. The molecule has 0 radical (unpaired) electrons. The van der Waals surface area contributed by atoms with E-state index in [0.717, 1.165) is 5.75 Å². The minimum Gasteiger partial charge on any atom is -0.497 e. The van der Waals surface area contributed by atoms with E-state index >= 15 is 0 Å². The molecule has 0 bridgehead atoms. The van der Waals surface area contributed by atoms with E-state index in [1.807, 2.05) is 12.1 Å². The molecule has 0 saturated heterocycles. The van der Waals surface area contributed by atoms with Crippen LogP contribution in [0.25, 0.3) is 5.57 Å². The van der Waals surface area contributed by atoms with Gasteiger partial charge in [0.05, 0.1) is 23.3 Å². The van der Waals surface area contributed by atoms with Gasteiger partial charge in [-0.15, -0.1) is 0 Å². The van der Waals surface area contributed by atoms with Crippen molar-refractivity contribution in [3.05, 3.63) is 47.3 Å². The van der Waals surface area contributed by atoms with Gasteiger partial charge in [0.1, 0.15) is 5.75 Å². The van der Waals surface area contributed by atoms with Crippen LogP contribution in [0, 0.1) is 0 Å². The van der Waals surface area contributed by atoms with E-state index < -0.39 is 16.1 Å². The molecule has 0 unspecified atom stereocenters. The van der Waals surface area contributed by atoms with Crippen LogP contribution >= 0.6 is 0 Å². The van der Waals surface area contributed by atoms with Crippen molar-refractivity contribution in [2.75, 3.05) is 7.11 Å². The molecule has 1 aromatic rings. The largest absolute Gasteiger partial charge is 0.497 e. The summed E-state index contributed by atoms with van der Waals surface area (Å²) in [5, 5.41) is 0. The monoisotopic (exact) mass is 304 g/mol. The molecule has 0 heterocycles. The molecule has 0 aliphatic rings. The Bertz CT molecular complexity index is 485. The molecule has 0 N–H and O–H groups in total. The Kier molecular flexibility index (Phi) is 5.60. The quantitative estimate of drug-likeness (QED) is 0.523. The van der Waals surface area contributed by atoms with Gasteiger partial charge in [-0.2, -0.15) is 0 Å². The second kappa shape index (κ2) is 6.59. The Morgan fingerprint density at radius 1 is 0.900 bits per heavy atom. The third-order valence-corrected chi connectivity index (χ3v) is 5.12. The van der Waals surface area contributed by atoms with Crippen LogP contribution in [0.1, 0.15) is 5.56 Å². The maximum absolute atomic E-state index is 5.24. The van der Waals surface area contributed by atoms with Crippen molar-refractivity contribution in [2.24, 2.45) is 0 Å². The number of rotatable bonds is 5. The first kappa shape index (κ1) is 17.0. The molecule has 0 fully saturated rings. The first-order chi connectivity index (χ1) is 9.11. The second-order valence-electron chi connectivity index (χ2n) is 7.39. The van der Waals surface area contributed by atoms with Crippen LogP contribution in [-0.2, 0) is 0 Å². The molecule has 0 spiro atoms. The number of benzene rings is 1. The van der Waals surface area contributed by atoms with Crippen LogP contribution in [0.2, 0.25) is 39.3 Å². The molecule has 0 saturated carbocycles. The highest BCUT2D eigenvalue weighted by Gasteiger charge is 2.13. The van der Waals surface area contributed by atoms with E-state index in [1.165, 1.54) is 11.1 Å². The molecule has 0 amide bonds. The number of methoxy groups -OCH3 is 1. The molecule has 20 heavy (non-hydrogen) atoms. The lowest BCUT2D eigenvalue weighted by Gasteiger charge is -2.15. The van der Waals surface area contributed by atoms with Gasteiger partial charge in [0.15, 0.2) is 0 Å². The van der Waals surface area contributed by atoms with Gasteiger partial charge in [-0.1, -0.05) is 68.9 Å². The zero-order valence-electron chi connectivity index (χ0n) is 13.9. The predicted octanol–water partition coefficient (Wildman–Crippen LogP) is 5.39. The third kappa shape index (κ3) is 6.39. The van der Waals surface area contributed by atoms with Crippen LogP contribution < -0.4 is 4.74 Å². The van der Waals surface area contributed by atoms with Crippen molar-refractivity contribution in [2.45, 2.75) is 39.3 Å². The Morgan fingerprint density at radius 2 is 1.45 bits per heavy atom. The average Bonchev–Trinajstić information content (AvgIpc) is 2.32. The van der Waals surface area contributed by atoms with Crippen molar-refractivity contribution >= 4 is 21.7 Å². The number of hydrogen-bond donors (Lipinski definition) is 0. The molecule has 1 aromatic carbocycles. The van der Waals surface area contributed by atoms with Crippen molar-refractivity contribution < 1.29 is 4.74 Å². The van der Waals surface area contributed by atoms with E-state index in [2.05, 4.69) is 68.9 Å². The summed E-state index contributed by atoms with van der Waals surface area (Å²) in [6.45, 7) is 14.2. The molecule has 3 heteroatoms. The van der Waals surface area contributed by atoms with Gasteiger partial charge in [0.25, 0.3) is 0 Å². The molecule has 1 rings (SSSR count). The average molecular weight is 305 g/mol. The Balaban J connectivity index is 3.17. The molecule has 0 atom stereocenters. The first-order valence-electron chi connectivity index (χ1n) is 7.17. The molecular weight excluding hydrogens is 276 g/mol. The Labute approximate surface area is 126 Å². The zero-order chi connectivity index (χ0) is 15.4. The van der Waals surface area contributed by atoms with Crippen LogP contribution in [0.15, 0.2) is 41.7 Å². The molecule has 0 aliphatic heterocycles. The van der Waals surface area contributed by atoms with Gasteiger partial charge in [-0.3, -0.25) is 0 Å². The van der Waals surface area contributed by atoms with Gasteiger partial charge in [-0.25, -0.2) is 0 Å². The Hall–Kier alpha value is -1.07. The van der Waals surface area contributed by atoms with Crippen LogP contribution in [-0.4, -0.2) is 23.3 Å². The molecular formula is C17H28OSi2. The predicted molar refractivity (Wildman–Crippen MR) is 96.8 cm³/mol. The summed E-state index contributed by atoms with van der Waals surface area (Å²) in [4.78, 5) is 0. The fourth-order valence-corrected chi connectivity index (χ4v) is 3.69. The lowest BCUT2D eigenvalue weighted by molar-refractivity contribution is 0.415. The zero-order valence-corrected chi connectivity index (χ0v) is 15.9. The van der Waals surface area contributed by atoms with Crippen molar-refractivity contribution in [1.82, 2.24) is 0 Å². The highest BCUT2D eigenvalue weighted by atomic mass is 28.3. The van der Waals surface area contributed by atoms with Gasteiger partial charge in [0, 0.05) is 0 Å². The molecule has 0 aliphatic carbocycles. The van der Waals surface area contributed by atoms with E-state index in [1.54, 1.807) is 7.11 Å². The summed E-state index contributed by atoms with van der Waals surface area (Å²) in [7, 11) is -0.720. The fourth-order valence-electron chi connectivity index (χ4n) is 1.82. The topological polar surface area (TPSA) is 9.23 Å². The minimum atomic E-state index is -1.25. The normalized spacial score (nSPS) is 13.8. The summed E-state index contributed by atoms with van der Waals surface area (Å²) >= 11 is 0. The number of allylic oxidation sites excluding steroid dienone is 2. The lowest BCUT2D eigenvalue weighted by atomic mass is 10.1. The molecule has 0 aromatic heterocycles. The minimum absolute atomic E-state index is 0.912. The summed E-state index contributed by atoms with van der Waals surface area (Å²) < 4.78 is 5.24. The summed E-state index contributed by atoms with van der Waals surface area (Å²) in [5.74, 6) is 0.912. The maximum atomic E-state index is 5.24. The SMILES string of the molecule is COc1ccc(C(/C=C\[Si](C)(C)C)=C\[Si](C)(C)C)cc1. The van der Waals surface area contributed by atoms with Gasteiger partial charge < -0.3 is 4.74 Å². The molecule has 110 valence electrons. The van der Waals surface area contributed by atoms with Gasteiger partial charge in [-0.05, 0) is 23.3 Å². The lowest BCUT2D eigenvalue weighted by Crippen LogP contribution is -2.17. The summed E-state index contributed by atoms with van der Waals surface area (Å²) in [6, 6.07) is 8.38.